The molecule has 0 amide bonds. The molecule has 1 heterocycles. The van der Waals surface area contributed by atoms with Crippen molar-refractivity contribution in [2.24, 2.45) is 0 Å². The Morgan fingerprint density at radius 3 is 2.52 bits per heavy atom. The molecule has 4 heteroatoms. The molecule has 0 aliphatic carbocycles. The number of phenols is 3. The van der Waals surface area contributed by atoms with Crippen molar-refractivity contribution in [2.75, 3.05) is 13.1 Å². The van der Waals surface area contributed by atoms with Gasteiger partial charge in [-0.25, -0.2) is 0 Å². The van der Waals surface area contributed by atoms with Gasteiger partial charge in [0.15, 0.2) is 11.5 Å². The third-order valence-corrected chi connectivity index (χ3v) is 4.26. The lowest BCUT2D eigenvalue weighted by molar-refractivity contribution is 0.399. The summed E-state index contributed by atoms with van der Waals surface area (Å²) < 4.78 is 0. The lowest BCUT2D eigenvalue weighted by Crippen LogP contribution is -2.20. The van der Waals surface area contributed by atoms with Crippen LogP contribution in [0.15, 0.2) is 30.3 Å². The largest absolute Gasteiger partial charge is 0.508 e. The van der Waals surface area contributed by atoms with Crippen molar-refractivity contribution in [3.63, 3.8) is 0 Å². The van der Waals surface area contributed by atoms with Crippen molar-refractivity contribution in [1.29, 1.82) is 0 Å². The maximum absolute atomic E-state index is 9.95. The normalized spacial score (nSPS) is 18.0. The minimum Gasteiger partial charge on any atom is -0.508 e. The van der Waals surface area contributed by atoms with Gasteiger partial charge in [0, 0.05) is 12.5 Å². The summed E-state index contributed by atoms with van der Waals surface area (Å²) >= 11 is 0. The standard InChI is InChI=1S/C17H19NO3/c1-10-13-6-7-18-9-15(11-2-4-12(19)5-3-11)14(13)8-16(20)17(10)21/h2-5,8,15,18-21H,6-7,9H2,1H3/t15-/m0/s1. The Kier molecular flexibility index (Phi) is 3.47. The summed E-state index contributed by atoms with van der Waals surface area (Å²) in [4.78, 5) is 0. The molecule has 0 fully saturated rings. The Bertz CT molecular complexity index is 665. The van der Waals surface area contributed by atoms with E-state index in [2.05, 4.69) is 5.32 Å². The van der Waals surface area contributed by atoms with E-state index >= 15 is 0 Å². The Morgan fingerprint density at radius 1 is 1.10 bits per heavy atom. The maximum atomic E-state index is 9.95. The summed E-state index contributed by atoms with van der Waals surface area (Å²) in [7, 11) is 0. The smallest absolute Gasteiger partial charge is 0.160 e. The average molecular weight is 285 g/mol. The van der Waals surface area contributed by atoms with E-state index in [-0.39, 0.29) is 23.2 Å². The molecule has 2 aromatic carbocycles. The molecule has 4 nitrogen and oxygen atoms in total. The Hall–Kier alpha value is -2.20. The van der Waals surface area contributed by atoms with Crippen LogP contribution in [0.1, 0.15) is 28.2 Å². The lowest BCUT2D eigenvalue weighted by atomic mass is 9.86. The van der Waals surface area contributed by atoms with E-state index in [1.807, 2.05) is 19.1 Å². The zero-order chi connectivity index (χ0) is 15.0. The molecular weight excluding hydrogens is 266 g/mol. The van der Waals surface area contributed by atoms with Crippen LogP contribution in [-0.4, -0.2) is 28.4 Å². The molecule has 110 valence electrons. The summed E-state index contributed by atoms with van der Waals surface area (Å²) in [6, 6.07) is 8.81. The second-order valence-corrected chi connectivity index (χ2v) is 5.54. The number of hydrogen-bond acceptors (Lipinski definition) is 4. The van der Waals surface area contributed by atoms with Crippen molar-refractivity contribution < 1.29 is 15.3 Å². The molecule has 0 saturated carbocycles. The van der Waals surface area contributed by atoms with Gasteiger partial charge in [-0.3, -0.25) is 0 Å². The molecule has 0 aromatic heterocycles. The van der Waals surface area contributed by atoms with E-state index in [9.17, 15) is 15.3 Å². The van der Waals surface area contributed by atoms with Crippen LogP contribution in [0, 0.1) is 6.92 Å². The predicted molar refractivity (Wildman–Crippen MR) is 81.0 cm³/mol. The van der Waals surface area contributed by atoms with Crippen LogP contribution in [-0.2, 0) is 6.42 Å². The van der Waals surface area contributed by atoms with Crippen molar-refractivity contribution in [2.45, 2.75) is 19.3 Å². The first-order valence-corrected chi connectivity index (χ1v) is 7.12. The molecular formula is C17H19NO3. The molecule has 4 N–H and O–H groups in total. The van der Waals surface area contributed by atoms with Gasteiger partial charge in [0.25, 0.3) is 0 Å². The Morgan fingerprint density at radius 2 is 1.81 bits per heavy atom. The first-order chi connectivity index (χ1) is 10.1. The number of hydrogen-bond donors (Lipinski definition) is 4. The molecule has 1 aliphatic heterocycles. The van der Waals surface area contributed by atoms with Crippen molar-refractivity contribution in [3.8, 4) is 17.2 Å². The second kappa shape index (κ2) is 5.30. The molecule has 0 unspecified atom stereocenters. The number of fused-ring (bicyclic) bond motifs is 1. The minimum atomic E-state index is -0.0723. The van der Waals surface area contributed by atoms with Crippen LogP contribution in [0.25, 0.3) is 0 Å². The van der Waals surface area contributed by atoms with E-state index in [1.54, 1.807) is 18.2 Å². The molecule has 21 heavy (non-hydrogen) atoms. The minimum absolute atomic E-state index is 0.0277. The van der Waals surface area contributed by atoms with Gasteiger partial charge in [-0.2, -0.15) is 0 Å². The maximum Gasteiger partial charge on any atom is 0.160 e. The number of benzene rings is 2. The van der Waals surface area contributed by atoms with Gasteiger partial charge in [0.2, 0.25) is 0 Å². The van der Waals surface area contributed by atoms with Gasteiger partial charge in [-0.1, -0.05) is 12.1 Å². The first kappa shape index (κ1) is 13.8. The van der Waals surface area contributed by atoms with Crippen LogP contribution in [0.4, 0.5) is 0 Å². The van der Waals surface area contributed by atoms with Gasteiger partial charge in [-0.15, -0.1) is 0 Å². The van der Waals surface area contributed by atoms with E-state index in [1.165, 1.54) is 0 Å². The van der Waals surface area contributed by atoms with Gasteiger partial charge >= 0.3 is 0 Å². The van der Waals surface area contributed by atoms with Crippen molar-refractivity contribution in [1.82, 2.24) is 5.32 Å². The fraction of sp³-hybridized carbons (Fsp3) is 0.294. The van der Waals surface area contributed by atoms with Crippen LogP contribution in [0.5, 0.6) is 17.2 Å². The molecule has 2 aromatic rings. The highest BCUT2D eigenvalue weighted by atomic mass is 16.3. The lowest BCUT2D eigenvalue weighted by Gasteiger charge is -2.20. The van der Waals surface area contributed by atoms with Crippen molar-refractivity contribution in [3.05, 3.63) is 52.6 Å². The van der Waals surface area contributed by atoms with E-state index in [4.69, 9.17) is 0 Å². The number of aromatic hydroxyl groups is 3. The third-order valence-electron chi connectivity index (χ3n) is 4.26. The van der Waals surface area contributed by atoms with Crippen LogP contribution >= 0.6 is 0 Å². The molecule has 0 spiro atoms. The highest BCUT2D eigenvalue weighted by Gasteiger charge is 2.24. The van der Waals surface area contributed by atoms with Crippen LogP contribution in [0.2, 0.25) is 0 Å². The number of phenolic OH excluding ortho intramolecular Hbond substituents is 3. The summed E-state index contributed by atoms with van der Waals surface area (Å²) in [5.41, 5.74) is 3.96. The Labute approximate surface area is 123 Å². The van der Waals surface area contributed by atoms with Crippen LogP contribution < -0.4 is 5.32 Å². The predicted octanol–water partition coefficient (Wildman–Crippen LogP) is 2.39. The molecule has 1 atom stereocenters. The van der Waals surface area contributed by atoms with E-state index < -0.39 is 0 Å². The van der Waals surface area contributed by atoms with Gasteiger partial charge < -0.3 is 20.6 Å². The first-order valence-electron chi connectivity index (χ1n) is 7.12. The number of rotatable bonds is 1. The fourth-order valence-electron chi connectivity index (χ4n) is 3.07. The summed E-state index contributed by atoms with van der Waals surface area (Å²) in [6.07, 6.45) is 0.823. The molecule has 3 rings (SSSR count). The fourth-order valence-corrected chi connectivity index (χ4v) is 3.07. The monoisotopic (exact) mass is 285 g/mol. The summed E-state index contributed by atoms with van der Waals surface area (Å²) in [6.45, 7) is 3.45. The zero-order valence-corrected chi connectivity index (χ0v) is 11.9. The van der Waals surface area contributed by atoms with Gasteiger partial charge in [-0.05, 0) is 60.3 Å². The van der Waals surface area contributed by atoms with Crippen molar-refractivity contribution >= 4 is 0 Å². The molecule has 1 aliphatic rings. The van der Waals surface area contributed by atoms with E-state index in [0.29, 0.717) is 0 Å². The highest BCUT2D eigenvalue weighted by molar-refractivity contribution is 5.55. The van der Waals surface area contributed by atoms with Crippen LogP contribution in [0.3, 0.4) is 0 Å². The second-order valence-electron chi connectivity index (χ2n) is 5.54. The van der Waals surface area contributed by atoms with Gasteiger partial charge in [0.1, 0.15) is 5.75 Å². The highest BCUT2D eigenvalue weighted by Crippen LogP contribution is 2.39. The Balaban J connectivity index is 2.14. The topological polar surface area (TPSA) is 72.7 Å². The molecule has 0 saturated heterocycles. The molecule has 0 bridgehead atoms. The zero-order valence-electron chi connectivity index (χ0n) is 11.9. The molecule has 0 radical (unpaired) electrons. The van der Waals surface area contributed by atoms with E-state index in [0.717, 1.165) is 41.8 Å². The SMILES string of the molecule is Cc1c(O)c(O)cc2c1CCNC[C@H]2c1ccc(O)cc1. The van der Waals surface area contributed by atoms with Gasteiger partial charge in [0.05, 0.1) is 0 Å². The quantitative estimate of drug-likeness (QED) is 0.607. The third kappa shape index (κ3) is 2.43. The summed E-state index contributed by atoms with van der Waals surface area (Å²) in [5, 5.41) is 32.7. The average Bonchev–Trinajstić information content (AvgIpc) is 2.68. The summed E-state index contributed by atoms with van der Waals surface area (Å²) in [5.74, 6) is 0.232. The number of nitrogens with one attached hydrogen (secondary N) is 1.